The van der Waals surface area contributed by atoms with Gasteiger partial charge in [0.1, 0.15) is 10.5 Å². The average Bonchev–Trinajstić information content (AvgIpc) is 2.94. The Kier molecular flexibility index (Phi) is 6.80. The standard InChI is InChI=1S/C18H27N3O5S/c1-6-25-15(23)13-11(2)19-16(27-13)20-14(22)12-8-7-9-21(10-12)17(24)26-18(3,4)5/h12H,6-10H2,1-5H3,(H,19,20,22). The zero-order valence-electron chi connectivity index (χ0n) is 16.5. The van der Waals surface area contributed by atoms with Crippen molar-refractivity contribution in [3.05, 3.63) is 10.6 Å². The van der Waals surface area contributed by atoms with Gasteiger partial charge in [0, 0.05) is 13.1 Å². The number of hydrogen-bond donors (Lipinski definition) is 1. The molecule has 1 unspecified atom stereocenters. The van der Waals surface area contributed by atoms with Gasteiger partial charge in [0.15, 0.2) is 5.13 Å². The minimum absolute atomic E-state index is 0.215. The average molecular weight is 397 g/mol. The minimum Gasteiger partial charge on any atom is -0.462 e. The number of hydrogen-bond acceptors (Lipinski definition) is 7. The number of amides is 2. The molecule has 0 spiro atoms. The summed E-state index contributed by atoms with van der Waals surface area (Å²) < 4.78 is 10.4. The highest BCUT2D eigenvalue weighted by Crippen LogP contribution is 2.26. The Labute approximate surface area is 163 Å². The molecule has 1 fully saturated rings. The Hall–Kier alpha value is -2.16. The molecule has 1 aliphatic rings. The molecule has 2 amide bonds. The summed E-state index contributed by atoms with van der Waals surface area (Å²) in [6.07, 6.45) is 0.998. The molecule has 1 aromatic rings. The first-order chi connectivity index (χ1) is 12.6. The molecule has 0 aliphatic carbocycles. The summed E-state index contributed by atoms with van der Waals surface area (Å²) in [5.74, 6) is -1.00. The molecule has 27 heavy (non-hydrogen) atoms. The second-order valence-electron chi connectivity index (χ2n) is 7.41. The fraction of sp³-hybridized carbons (Fsp3) is 0.667. The van der Waals surface area contributed by atoms with Crippen LogP contribution in [0.15, 0.2) is 0 Å². The summed E-state index contributed by atoms with van der Waals surface area (Å²) in [5, 5.41) is 3.12. The molecule has 9 heteroatoms. The first-order valence-electron chi connectivity index (χ1n) is 9.04. The minimum atomic E-state index is -0.575. The number of likely N-dealkylation sites (tertiary alicyclic amines) is 1. The fourth-order valence-corrected chi connectivity index (χ4v) is 3.59. The van der Waals surface area contributed by atoms with E-state index in [1.807, 2.05) is 20.8 Å². The first kappa shape index (κ1) is 21.1. The van der Waals surface area contributed by atoms with E-state index < -0.39 is 17.7 Å². The Bertz CT molecular complexity index is 710. The van der Waals surface area contributed by atoms with Crippen molar-refractivity contribution in [1.29, 1.82) is 0 Å². The maximum atomic E-state index is 12.6. The van der Waals surface area contributed by atoms with Crippen molar-refractivity contribution in [3.63, 3.8) is 0 Å². The number of aryl methyl sites for hydroxylation is 1. The molecule has 0 aromatic carbocycles. The first-order valence-corrected chi connectivity index (χ1v) is 9.85. The molecule has 8 nitrogen and oxygen atoms in total. The van der Waals surface area contributed by atoms with Crippen LogP contribution >= 0.6 is 11.3 Å². The summed E-state index contributed by atoms with van der Waals surface area (Å²) in [7, 11) is 0. The van der Waals surface area contributed by atoms with Gasteiger partial charge in [-0.3, -0.25) is 4.79 Å². The Morgan fingerprint density at radius 2 is 2.04 bits per heavy atom. The lowest BCUT2D eigenvalue weighted by Crippen LogP contribution is -2.45. The summed E-state index contributed by atoms with van der Waals surface area (Å²) in [6, 6.07) is 0. The zero-order chi connectivity index (χ0) is 20.2. The van der Waals surface area contributed by atoms with Gasteiger partial charge in [-0.1, -0.05) is 11.3 Å². The van der Waals surface area contributed by atoms with Crippen molar-refractivity contribution in [1.82, 2.24) is 9.88 Å². The Balaban J connectivity index is 1.98. The lowest BCUT2D eigenvalue weighted by Gasteiger charge is -2.33. The number of carbonyl (C=O) groups is 3. The third-order valence-corrected chi connectivity index (χ3v) is 4.98. The van der Waals surface area contributed by atoms with Crippen LogP contribution in [0.2, 0.25) is 0 Å². The zero-order valence-corrected chi connectivity index (χ0v) is 17.3. The van der Waals surface area contributed by atoms with Crippen LogP contribution in [-0.2, 0) is 14.3 Å². The molecular formula is C18H27N3O5S. The monoisotopic (exact) mass is 397 g/mol. The van der Waals surface area contributed by atoms with Gasteiger partial charge in [0.2, 0.25) is 5.91 Å². The SMILES string of the molecule is CCOC(=O)c1sc(NC(=O)C2CCCN(C(=O)OC(C)(C)C)C2)nc1C. The maximum absolute atomic E-state index is 12.6. The van der Waals surface area contributed by atoms with Crippen LogP contribution in [0, 0.1) is 12.8 Å². The van der Waals surface area contributed by atoms with Crippen molar-refractivity contribution < 1.29 is 23.9 Å². The topological polar surface area (TPSA) is 97.8 Å². The summed E-state index contributed by atoms with van der Waals surface area (Å²) in [6.45, 7) is 10.0. The molecule has 1 saturated heterocycles. The number of piperidine rings is 1. The number of esters is 1. The molecule has 0 saturated carbocycles. The fourth-order valence-electron chi connectivity index (χ4n) is 2.73. The van der Waals surface area contributed by atoms with Crippen molar-refractivity contribution >= 4 is 34.4 Å². The molecule has 150 valence electrons. The van der Waals surface area contributed by atoms with Crippen molar-refractivity contribution in [3.8, 4) is 0 Å². The van der Waals surface area contributed by atoms with E-state index in [0.717, 1.165) is 17.8 Å². The summed E-state index contributed by atoms with van der Waals surface area (Å²) in [4.78, 5) is 42.9. The van der Waals surface area contributed by atoms with Gasteiger partial charge in [0.05, 0.1) is 18.2 Å². The molecule has 1 atom stereocenters. The number of carbonyl (C=O) groups excluding carboxylic acids is 3. The molecule has 2 heterocycles. The van der Waals surface area contributed by atoms with E-state index >= 15 is 0 Å². The Morgan fingerprint density at radius 1 is 1.33 bits per heavy atom. The Morgan fingerprint density at radius 3 is 2.67 bits per heavy atom. The van der Waals surface area contributed by atoms with Crippen molar-refractivity contribution in [2.75, 3.05) is 25.0 Å². The summed E-state index contributed by atoms with van der Waals surface area (Å²) >= 11 is 1.09. The largest absolute Gasteiger partial charge is 0.462 e. The van der Waals surface area contributed by atoms with Gasteiger partial charge >= 0.3 is 12.1 Å². The van der Waals surface area contributed by atoms with E-state index in [-0.39, 0.29) is 18.4 Å². The highest BCUT2D eigenvalue weighted by Gasteiger charge is 2.31. The van der Waals surface area contributed by atoms with E-state index in [4.69, 9.17) is 9.47 Å². The van der Waals surface area contributed by atoms with Gasteiger partial charge < -0.3 is 19.7 Å². The van der Waals surface area contributed by atoms with E-state index in [1.54, 1.807) is 18.7 Å². The number of ether oxygens (including phenoxy) is 2. The molecule has 0 bridgehead atoms. The molecular weight excluding hydrogens is 370 g/mol. The van der Waals surface area contributed by atoms with E-state index in [9.17, 15) is 14.4 Å². The normalized spacial score (nSPS) is 17.4. The maximum Gasteiger partial charge on any atom is 0.410 e. The number of nitrogens with one attached hydrogen (secondary N) is 1. The van der Waals surface area contributed by atoms with Gasteiger partial charge in [-0.2, -0.15) is 0 Å². The van der Waals surface area contributed by atoms with Crippen molar-refractivity contribution in [2.24, 2.45) is 5.92 Å². The number of rotatable bonds is 4. The number of nitrogens with zero attached hydrogens (tertiary/aromatic N) is 2. The van der Waals surface area contributed by atoms with E-state index in [0.29, 0.717) is 35.2 Å². The van der Waals surface area contributed by atoms with Crippen LogP contribution in [0.3, 0.4) is 0 Å². The number of anilines is 1. The predicted molar refractivity (Wildman–Crippen MR) is 102 cm³/mol. The third-order valence-electron chi connectivity index (χ3n) is 3.93. The lowest BCUT2D eigenvalue weighted by molar-refractivity contribution is -0.121. The van der Waals surface area contributed by atoms with Gasteiger partial charge in [-0.05, 0) is 47.5 Å². The van der Waals surface area contributed by atoms with Crippen LogP contribution in [0.4, 0.5) is 9.93 Å². The molecule has 0 radical (unpaired) electrons. The van der Waals surface area contributed by atoms with Gasteiger partial charge in [-0.25, -0.2) is 14.6 Å². The summed E-state index contributed by atoms with van der Waals surface area (Å²) in [5.41, 5.74) is -0.0541. The highest BCUT2D eigenvalue weighted by atomic mass is 32.1. The number of aromatic nitrogens is 1. The quantitative estimate of drug-likeness (QED) is 0.784. The molecule has 2 rings (SSSR count). The molecule has 1 N–H and O–H groups in total. The van der Waals surface area contributed by atoms with Gasteiger partial charge in [0.25, 0.3) is 0 Å². The number of thiazole rings is 1. The van der Waals surface area contributed by atoms with Crippen LogP contribution in [0.5, 0.6) is 0 Å². The predicted octanol–water partition coefficient (Wildman–Crippen LogP) is 3.21. The second kappa shape index (κ2) is 8.69. The van der Waals surface area contributed by atoms with E-state index in [2.05, 4.69) is 10.3 Å². The smallest absolute Gasteiger partial charge is 0.410 e. The highest BCUT2D eigenvalue weighted by molar-refractivity contribution is 7.17. The lowest BCUT2D eigenvalue weighted by atomic mass is 9.97. The second-order valence-corrected chi connectivity index (χ2v) is 8.41. The van der Waals surface area contributed by atoms with Gasteiger partial charge in [-0.15, -0.1) is 0 Å². The van der Waals surface area contributed by atoms with E-state index in [1.165, 1.54) is 0 Å². The van der Waals surface area contributed by atoms with Crippen LogP contribution in [-0.4, -0.2) is 53.2 Å². The third kappa shape index (κ3) is 5.92. The van der Waals surface area contributed by atoms with Crippen LogP contribution in [0.25, 0.3) is 0 Å². The molecule has 1 aromatic heterocycles. The molecule has 1 aliphatic heterocycles. The van der Waals surface area contributed by atoms with Crippen molar-refractivity contribution in [2.45, 2.75) is 53.1 Å². The van der Waals surface area contributed by atoms with Crippen LogP contribution in [0.1, 0.15) is 55.9 Å². The van der Waals surface area contributed by atoms with Crippen LogP contribution < -0.4 is 5.32 Å².